The molecule has 0 saturated carbocycles. The van der Waals surface area contributed by atoms with Gasteiger partial charge in [0.05, 0.1) is 12.0 Å². The minimum atomic E-state index is -0.364. The first kappa shape index (κ1) is 21.9. The topological polar surface area (TPSA) is 72.2 Å². The lowest BCUT2D eigenvalue weighted by Gasteiger charge is -2.10. The third-order valence-corrected chi connectivity index (χ3v) is 5.79. The first-order chi connectivity index (χ1) is 15.6. The summed E-state index contributed by atoms with van der Waals surface area (Å²) in [5, 5.41) is 13.1. The number of benzene rings is 3. The number of carbonyl (C=O) groups excluding carboxylic acids is 1. The Morgan fingerprint density at radius 2 is 1.84 bits per heavy atom. The molecule has 1 amide bonds. The van der Waals surface area contributed by atoms with Crippen molar-refractivity contribution in [2.45, 2.75) is 5.16 Å². The quantitative estimate of drug-likeness (QED) is 0.214. The summed E-state index contributed by atoms with van der Waals surface area (Å²) in [6.07, 6.45) is 1.39. The molecule has 9 heteroatoms. The third-order valence-electron chi connectivity index (χ3n) is 4.33. The highest BCUT2D eigenvalue weighted by Gasteiger charge is 2.17. The summed E-state index contributed by atoms with van der Waals surface area (Å²) >= 11 is 4.70. The van der Waals surface area contributed by atoms with E-state index in [1.807, 2.05) is 59.2 Å². The molecule has 0 spiro atoms. The molecule has 4 rings (SSSR count). The SMILES string of the molecule is O=C(CSc1nnc(-c2ccccc2)n1-c1ccc(Br)cc1)N/N=C\c1cccc(F)c1. The number of nitrogens with zero attached hydrogens (tertiary/aromatic N) is 4. The van der Waals surface area contributed by atoms with Gasteiger partial charge in [0, 0.05) is 15.7 Å². The number of aromatic nitrogens is 3. The summed E-state index contributed by atoms with van der Waals surface area (Å²) in [5.74, 6) is 0.0933. The number of halogens is 2. The average molecular weight is 510 g/mol. The van der Waals surface area contributed by atoms with Crippen LogP contribution in [0.3, 0.4) is 0 Å². The van der Waals surface area contributed by atoms with Crippen LogP contribution in [0.2, 0.25) is 0 Å². The molecule has 0 aliphatic carbocycles. The molecule has 1 N–H and O–H groups in total. The smallest absolute Gasteiger partial charge is 0.250 e. The van der Waals surface area contributed by atoms with Crippen molar-refractivity contribution in [3.63, 3.8) is 0 Å². The second kappa shape index (κ2) is 10.3. The van der Waals surface area contributed by atoms with Gasteiger partial charge < -0.3 is 0 Å². The first-order valence-corrected chi connectivity index (χ1v) is 11.3. The molecule has 0 aliphatic rings. The van der Waals surface area contributed by atoms with Gasteiger partial charge in [-0.3, -0.25) is 9.36 Å². The molecule has 0 bridgehead atoms. The molecule has 0 radical (unpaired) electrons. The molecule has 0 atom stereocenters. The van der Waals surface area contributed by atoms with Crippen molar-refractivity contribution in [3.05, 3.63) is 94.7 Å². The van der Waals surface area contributed by atoms with E-state index >= 15 is 0 Å². The lowest BCUT2D eigenvalue weighted by molar-refractivity contribution is -0.118. The molecular weight excluding hydrogens is 493 g/mol. The van der Waals surface area contributed by atoms with E-state index in [1.165, 1.54) is 30.1 Å². The highest BCUT2D eigenvalue weighted by Crippen LogP contribution is 2.28. The molecule has 0 fully saturated rings. The summed E-state index contributed by atoms with van der Waals surface area (Å²) in [5.41, 5.74) is 4.80. The van der Waals surface area contributed by atoms with E-state index < -0.39 is 0 Å². The van der Waals surface area contributed by atoms with Gasteiger partial charge in [0.25, 0.3) is 5.91 Å². The molecule has 32 heavy (non-hydrogen) atoms. The van der Waals surface area contributed by atoms with Crippen molar-refractivity contribution in [1.29, 1.82) is 0 Å². The summed E-state index contributed by atoms with van der Waals surface area (Å²) in [6, 6.07) is 23.5. The number of hydrogen-bond acceptors (Lipinski definition) is 5. The van der Waals surface area contributed by atoms with Crippen LogP contribution in [0, 0.1) is 5.82 Å². The Morgan fingerprint density at radius 3 is 2.59 bits per heavy atom. The van der Waals surface area contributed by atoms with Crippen molar-refractivity contribution in [2.75, 3.05) is 5.75 Å². The van der Waals surface area contributed by atoms with Gasteiger partial charge in [-0.15, -0.1) is 10.2 Å². The Bertz CT molecular complexity index is 1240. The van der Waals surface area contributed by atoms with Crippen LogP contribution in [-0.4, -0.2) is 32.6 Å². The van der Waals surface area contributed by atoms with E-state index in [4.69, 9.17) is 0 Å². The predicted molar refractivity (Wildman–Crippen MR) is 127 cm³/mol. The zero-order valence-corrected chi connectivity index (χ0v) is 19.1. The summed E-state index contributed by atoms with van der Waals surface area (Å²) in [7, 11) is 0. The Morgan fingerprint density at radius 1 is 1.06 bits per heavy atom. The van der Waals surface area contributed by atoms with E-state index in [1.54, 1.807) is 12.1 Å². The van der Waals surface area contributed by atoms with E-state index in [-0.39, 0.29) is 17.5 Å². The van der Waals surface area contributed by atoms with Crippen LogP contribution in [-0.2, 0) is 4.79 Å². The van der Waals surface area contributed by atoms with Crippen LogP contribution in [0.5, 0.6) is 0 Å². The van der Waals surface area contributed by atoms with Crippen molar-refractivity contribution < 1.29 is 9.18 Å². The van der Waals surface area contributed by atoms with E-state index in [0.29, 0.717) is 16.5 Å². The largest absolute Gasteiger partial charge is 0.272 e. The maximum absolute atomic E-state index is 13.2. The molecule has 3 aromatic carbocycles. The van der Waals surface area contributed by atoms with Gasteiger partial charge in [-0.1, -0.05) is 70.2 Å². The van der Waals surface area contributed by atoms with Crippen LogP contribution in [0.1, 0.15) is 5.56 Å². The van der Waals surface area contributed by atoms with E-state index in [0.717, 1.165) is 15.7 Å². The van der Waals surface area contributed by atoms with Crippen LogP contribution in [0.15, 0.2) is 93.6 Å². The fourth-order valence-electron chi connectivity index (χ4n) is 2.89. The van der Waals surface area contributed by atoms with Crippen LogP contribution in [0.25, 0.3) is 17.1 Å². The fraction of sp³-hybridized carbons (Fsp3) is 0.0435. The van der Waals surface area contributed by atoms with Gasteiger partial charge >= 0.3 is 0 Å². The van der Waals surface area contributed by atoms with Crippen LogP contribution >= 0.6 is 27.7 Å². The van der Waals surface area contributed by atoms with Gasteiger partial charge in [-0.25, -0.2) is 9.82 Å². The number of hydrogen-bond donors (Lipinski definition) is 1. The predicted octanol–water partition coefficient (Wildman–Crippen LogP) is 5.08. The molecule has 1 heterocycles. The second-order valence-electron chi connectivity index (χ2n) is 6.62. The fourth-order valence-corrected chi connectivity index (χ4v) is 3.90. The molecule has 0 saturated heterocycles. The number of nitrogens with one attached hydrogen (secondary N) is 1. The van der Waals surface area contributed by atoms with Crippen molar-refractivity contribution in [3.8, 4) is 17.1 Å². The number of thioether (sulfide) groups is 1. The van der Waals surface area contributed by atoms with Gasteiger partial charge in [-0.2, -0.15) is 5.10 Å². The maximum Gasteiger partial charge on any atom is 0.250 e. The zero-order chi connectivity index (χ0) is 22.3. The minimum Gasteiger partial charge on any atom is -0.272 e. The highest BCUT2D eigenvalue weighted by atomic mass is 79.9. The first-order valence-electron chi connectivity index (χ1n) is 9.57. The second-order valence-corrected chi connectivity index (χ2v) is 8.48. The number of amides is 1. The molecule has 160 valence electrons. The minimum absolute atomic E-state index is 0.0872. The Labute approximate surface area is 196 Å². The standard InChI is InChI=1S/C23H17BrFN5OS/c24-18-9-11-20(12-10-18)30-22(17-6-2-1-3-7-17)28-29-23(30)32-15-21(31)27-26-14-16-5-4-8-19(25)13-16/h1-14H,15H2,(H,27,31)/b26-14-. The molecule has 1 aromatic heterocycles. The number of hydrazone groups is 1. The Hall–Kier alpha value is -3.30. The molecule has 6 nitrogen and oxygen atoms in total. The van der Waals surface area contributed by atoms with Crippen molar-refractivity contribution >= 4 is 39.8 Å². The van der Waals surface area contributed by atoms with Gasteiger partial charge in [0.1, 0.15) is 5.82 Å². The maximum atomic E-state index is 13.2. The highest BCUT2D eigenvalue weighted by molar-refractivity contribution is 9.10. The summed E-state index contributed by atoms with van der Waals surface area (Å²) < 4.78 is 16.1. The van der Waals surface area contributed by atoms with E-state index in [2.05, 4.69) is 36.7 Å². The molecule has 4 aromatic rings. The normalized spacial score (nSPS) is 11.1. The number of carbonyl (C=O) groups is 1. The average Bonchev–Trinajstić information content (AvgIpc) is 3.23. The third kappa shape index (κ3) is 5.49. The lowest BCUT2D eigenvalue weighted by atomic mass is 10.2. The Balaban J connectivity index is 1.50. The monoisotopic (exact) mass is 509 g/mol. The number of rotatable bonds is 7. The molecule has 0 unspecified atom stereocenters. The van der Waals surface area contributed by atoms with Crippen molar-refractivity contribution in [2.24, 2.45) is 5.10 Å². The summed E-state index contributed by atoms with van der Waals surface area (Å²) in [4.78, 5) is 12.3. The molecule has 0 aliphatic heterocycles. The summed E-state index contributed by atoms with van der Waals surface area (Å²) in [6.45, 7) is 0. The van der Waals surface area contributed by atoms with Crippen LogP contribution in [0.4, 0.5) is 4.39 Å². The zero-order valence-electron chi connectivity index (χ0n) is 16.7. The Kier molecular flexibility index (Phi) is 7.08. The van der Waals surface area contributed by atoms with Gasteiger partial charge in [-0.05, 0) is 42.0 Å². The van der Waals surface area contributed by atoms with E-state index in [9.17, 15) is 9.18 Å². The van der Waals surface area contributed by atoms with Crippen LogP contribution < -0.4 is 5.43 Å². The lowest BCUT2D eigenvalue weighted by Crippen LogP contribution is -2.20. The van der Waals surface area contributed by atoms with Gasteiger partial charge in [0.15, 0.2) is 11.0 Å². The van der Waals surface area contributed by atoms with Gasteiger partial charge in [0.2, 0.25) is 0 Å². The van der Waals surface area contributed by atoms with Crippen molar-refractivity contribution in [1.82, 2.24) is 20.2 Å². The molecular formula is C23H17BrFN5OS.